The SMILES string of the molecule is CCN(Cc1ccc(OCc2ccccc2)cc1)C(=O)COC(=O)c1cccc[n+]1[O-]. The van der Waals surface area contributed by atoms with Crippen molar-refractivity contribution in [2.45, 2.75) is 20.1 Å². The average Bonchev–Trinajstić information content (AvgIpc) is 2.81. The van der Waals surface area contributed by atoms with Crippen LogP contribution in [0.2, 0.25) is 0 Å². The van der Waals surface area contributed by atoms with Crippen molar-refractivity contribution in [2.24, 2.45) is 0 Å². The third-order valence-electron chi connectivity index (χ3n) is 4.64. The number of benzene rings is 2. The number of ether oxygens (including phenoxy) is 2. The summed E-state index contributed by atoms with van der Waals surface area (Å²) in [4.78, 5) is 26.1. The predicted octanol–water partition coefficient (Wildman–Crippen LogP) is 3.10. The molecule has 3 rings (SSSR count). The van der Waals surface area contributed by atoms with Crippen LogP contribution in [0.5, 0.6) is 5.75 Å². The van der Waals surface area contributed by atoms with E-state index in [4.69, 9.17) is 9.47 Å². The number of hydrogen-bond donors (Lipinski definition) is 0. The highest BCUT2D eigenvalue weighted by Gasteiger charge is 2.20. The van der Waals surface area contributed by atoms with Crippen molar-refractivity contribution in [3.63, 3.8) is 0 Å². The molecule has 1 heterocycles. The fourth-order valence-corrected chi connectivity index (χ4v) is 2.91. The molecule has 0 saturated carbocycles. The third kappa shape index (κ3) is 6.30. The highest BCUT2D eigenvalue weighted by atomic mass is 16.5. The van der Waals surface area contributed by atoms with Gasteiger partial charge in [-0.15, -0.1) is 0 Å². The Morgan fingerprint density at radius 2 is 1.65 bits per heavy atom. The monoisotopic (exact) mass is 420 g/mol. The zero-order valence-electron chi connectivity index (χ0n) is 17.3. The molecule has 0 aliphatic heterocycles. The Balaban J connectivity index is 1.51. The Labute approximate surface area is 181 Å². The standard InChI is InChI=1S/C24H24N2O5/c1-2-25(23(27)18-31-24(28)22-10-6-7-15-26(22)29)16-19-11-13-21(14-12-19)30-17-20-8-4-3-5-9-20/h3-15H,2,16-18H2,1H3. The number of esters is 1. The summed E-state index contributed by atoms with van der Waals surface area (Å²) in [6, 6.07) is 21.8. The molecular weight excluding hydrogens is 396 g/mol. The van der Waals surface area contributed by atoms with E-state index in [0.29, 0.717) is 24.4 Å². The number of amides is 1. The van der Waals surface area contributed by atoms with Crippen LogP contribution in [0, 0.1) is 5.21 Å². The molecule has 0 fully saturated rings. The van der Waals surface area contributed by atoms with E-state index in [2.05, 4.69) is 0 Å². The summed E-state index contributed by atoms with van der Waals surface area (Å²) >= 11 is 0. The maximum atomic E-state index is 12.5. The molecule has 0 atom stereocenters. The van der Waals surface area contributed by atoms with Gasteiger partial charge in [0.2, 0.25) is 0 Å². The van der Waals surface area contributed by atoms with E-state index in [0.717, 1.165) is 16.9 Å². The minimum atomic E-state index is -0.833. The lowest BCUT2D eigenvalue weighted by atomic mass is 10.2. The highest BCUT2D eigenvalue weighted by Crippen LogP contribution is 2.15. The van der Waals surface area contributed by atoms with E-state index in [-0.39, 0.29) is 11.6 Å². The maximum Gasteiger partial charge on any atom is 0.405 e. The Hall–Kier alpha value is -3.87. The van der Waals surface area contributed by atoms with Crippen LogP contribution < -0.4 is 9.47 Å². The van der Waals surface area contributed by atoms with Gasteiger partial charge in [0.1, 0.15) is 12.4 Å². The molecule has 1 amide bonds. The van der Waals surface area contributed by atoms with Crippen LogP contribution >= 0.6 is 0 Å². The van der Waals surface area contributed by atoms with Crippen LogP contribution in [0.1, 0.15) is 28.5 Å². The van der Waals surface area contributed by atoms with Crippen LogP contribution in [-0.2, 0) is 22.7 Å². The summed E-state index contributed by atoms with van der Waals surface area (Å²) < 4.78 is 11.2. The van der Waals surface area contributed by atoms with E-state index >= 15 is 0 Å². The molecule has 0 spiro atoms. The molecule has 0 radical (unpaired) electrons. The van der Waals surface area contributed by atoms with Crippen LogP contribution in [0.3, 0.4) is 0 Å². The van der Waals surface area contributed by atoms with E-state index in [1.165, 1.54) is 18.3 Å². The van der Waals surface area contributed by atoms with Gasteiger partial charge in [0.05, 0.1) is 0 Å². The Kier molecular flexibility index (Phi) is 7.59. The Bertz CT molecular complexity index is 1010. The molecular formula is C24H24N2O5. The first-order valence-electron chi connectivity index (χ1n) is 9.95. The van der Waals surface area contributed by atoms with Crippen LogP contribution in [0.15, 0.2) is 79.0 Å². The normalized spacial score (nSPS) is 10.4. The second kappa shape index (κ2) is 10.8. The minimum absolute atomic E-state index is 0.163. The summed E-state index contributed by atoms with van der Waals surface area (Å²) in [5.74, 6) is -0.432. The molecule has 0 unspecified atom stereocenters. The molecule has 1 aromatic heterocycles. The van der Waals surface area contributed by atoms with Crippen LogP contribution in [-0.4, -0.2) is 29.9 Å². The number of carbonyl (C=O) groups is 2. The second-order valence-corrected chi connectivity index (χ2v) is 6.81. The molecule has 0 aliphatic carbocycles. The van der Waals surface area contributed by atoms with E-state index in [1.54, 1.807) is 11.0 Å². The van der Waals surface area contributed by atoms with Gasteiger partial charge in [-0.2, -0.15) is 4.73 Å². The van der Waals surface area contributed by atoms with E-state index in [9.17, 15) is 14.8 Å². The summed E-state index contributed by atoms with van der Waals surface area (Å²) in [7, 11) is 0. The molecule has 0 saturated heterocycles. The van der Waals surface area contributed by atoms with Crippen molar-refractivity contribution < 1.29 is 23.8 Å². The number of rotatable bonds is 9. The highest BCUT2D eigenvalue weighted by molar-refractivity contribution is 5.88. The lowest BCUT2D eigenvalue weighted by Crippen LogP contribution is -2.37. The van der Waals surface area contributed by atoms with Gasteiger partial charge in [-0.25, -0.2) is 4.79 Å². The first kappa shape index (κ1) is 21.8. The first-order valence-corrected chi connectivity index (χ1v) is 9.95. The Morgan fingerprint density at radius 1 is 0.935 bits per heavy atom. The molecule has 3 aromatic rings. The lowest BCUT2D eigenvalue weighted by Gasteiger charge is -2.21. The zero-order chi connectivity index (χ0) is 22.1. The van der Waals surface area contributed by atoms with Crippen molar-refractivity contribution in [3.8, 4) is 5.75 Å². The summed E-state index contributed by atoms with van der Waals surface area (Å²) in [6.45, 7) is 2.73. The maximum absolute atomic E-state index is 12.5. The molecule has 0 N–H and O–H groups in total. The molecule has 7 heteroatoms. The van der Waals surface area contributed by atoms with Gasteiger partial charge < -0.3 is 19.6 Å². The second-order valence-electron chi connectivity index (χ2n) is 6.81. The number of pyridine rings is 1. The number of nitrogens with zero attached hydrogens (tertiary/aromatic N) is 2. The van der Waals surface area contributed by atoms with Gasteiger partial charge in [0.25, 0.3) is 5.91 Å². The van der Waals surface area contributed by atoms with Gasteiger partial charge >= 0.3 is 11.7 Å². The summed E-state index contributed by atoms with van der Waals surface area (Å²) in [5, 5.41) is 11.6. The molecule has 160 valence electrons. The van der Waals surface area contributed by atoms with Crippen molar-refractivity contribution in [2.75, 3.05) is 13.2 Å². The fourth-order valence-electron chi connectivity index (χ4n) is 2.91. The predicted molar refractivity (Wildman–Crippen MR) is 114 cm³/mol. The van der Waals surface area contributed by atoms with Crippen molar-refractivity contribution in [1.29, 1.82) is 0 Å². The van der Waals surface area contributed by atoms with Crippen LogP contribution in [0.4, 0.5) is 0 Å². The third-order valence-corrected chi connectivity index (χ3v) is 4.64. The largest absolute Gasteiger partial charge is 0.618 e. The number of likely N-dealkylation sites (N-methyl/N-ethyl adjacent to an activating group) is 1. The minimum Gasteiger partial charge on any atom is -0.618 e. The number of aromatic nitrogens is 1. The van der Waals surface area contributed by atoms with Crippen LogP contribution in [0.25, 0.3) is 0 Å². The first-order chi connectivity index (χ1) is 15.1. The molecule has 31 heavy (non-hydrogen) atoms. The van der Waals surface area contributed by atoms with Crippen molar-refractivity contribution in [3.05, 3.63) is 101 Å². The van der Waals surface area contributed by atoms with Gasteiger partial charge in [-0.05, 0) is 36.2 Å². The van der Waals surface area contributed by atoms with Gasteiger partial charge in [0, 0.05) is 25.2 Å². The molecule has 2 aromatic carbocycles. The molecule has 7 nitrogen and oxygen atoms in total. The van der Waals surface area contributed by atoms with Gasteiger partial charge in [-0.1, -0.05) is 42.5 Å². The number of carbonyl (C=O) groups excluding carboxylic acids is 2. The lowest BCUT2D eigenvalue weighted by molar-refractivity contribution is -0.608. The van der Waals surface area contributed by atoms with Gasteiger partial charge in [0.15, 0.2) is 12.8 Å². The quantitative estimate of drug-likeness (QED) is 0.302. The summed E-state index contributed by atoms with van der Waals surface area (Å²) in [5.41, 5.74) is 1.85. The van der Waals surface area contributed by atoms with Crippen molar-refractivity contribution >= 4 is 11.9 Å². The average molecular weight is 420 g/mol. The smallest absolute Gasteiger partial charge is 0.405 e. The van der Waals surface area contributed by atoms with Crippen molar-refractivity contribution in [1.82, 2.24) is 4.90 Å². The number of hydrogen-bond acceptors (Lipinski definition) is 5. The summed E-state index contributed by atoms with van der Waals surface area (Å²) in [6.07, 6.45) is 1.20. The van der Waals surface area contributed by atoms with E-state index < -0.39 is 12.6 Å². The molecule has 0 aliphatic rings. The van der Waals surface area contributed by atoms with Gasteiger partial charge in [-0.3, -0.25) is 4.79 Å². The fraction of sp³-hybridized carbons (Fsp3) is 0.208. The zero-order valence-corrected chi connectivity index (χ0v) is 17.3. The van der Waals surface area contributed by atoms with E-state index in [1.807, 2.05) is 61.5 Å². The Morgan fingerprint density at radius 3 is 2.32 bits per heavy atom. The molecule has 0 bridgehead atoms. The topological polar surface area (TPSA) is 82.8 Å².